The molecule has 0 aromatic carbocycles. The molecular weight excluding hydrogens is 228 g/mol. The Kier molecular flexibility index (Phi) is 2.65. The quantitative estimate of drug-likeness (QED) is 0.821. The van der Waals surface area contributed by atoms with Crippen molar-refractivity contribution in [2.75, 3.05) is 6.54 Å². The van der Waals surface area contributed by atoms with Crippen LogP contribution >= 0.6 is 0 Å². The third kappa shape index (κ3) is 1.91. The summed E-state index contributed by atoms with van der Waals surface area (Å²) in [4.78, 5) is 26.6. The van der Waals surface area contributed by atoms with Crippen molar-refractivity contribution in [1.29, 1.82) is 0 Å². The van der Waals surface area contributed by atoms with Crippen LogP contribution in [0.5, 0.6) is 0 Å². The lowest BCUT2D eigenvalue weighted by Gasteiger charge is -2.35. The molecule has 4 heteroatoms. The van der Waals surface area contributed by atoms with E-state index in [1.165, 1.54) is 12.8 Å². The Hall–Kier alpha value is -1.06. The molecule has 1 heterocycles. The number of hydrogen-bond donors (Lipinski definition) is 1. The van der Waals surface area contributed by atoms with Crippen LogP contribution < -0.4 is 5.32 Å². The van der Waals surface area contributed by atoms with Crippen molar-refractivity contribution in [1.82, 2.24) is 10.2 Å². The minimum atomic E-state index is -0.642. The number of nitrogens with zero attached hydrogens (tertiary/aromatic N) is 1. The average Bonchev–Trinajstić information content (AvgIpc) is 3.19. The second-order valence-electron chi connectivity index (χ2n) is 6.35. The Bertz CT molecular complexity index is 387. The van der Waals surface area contributed by atoms with E-state index in [4.69, 9.17) is 0 Å². The molecule has 2 atom stereocenters. The van der Waals surface area contributed by atoms with Gasteiger partial charge >= 0.3 is 0 Å². The van der Waals surface area contributed by atoms with Crippen LogP contribution in [0.25, 0.3) is 0 Å². The van der Waals surface area contributed by atoms with Gasteiger partial charge in [-0.15, -0.1) is 0 Å². The maximum absolute atomic E-state index is 12.8. The number of rotatable bonds is 3. The summed E-state index contributed by atoms with van der Waals surface area (Å²) in [6.07, 6.45) is 5.03. The lowest BCUT2D eigenvalue weighted by molar-refractivity contribution is -0.141. The van der Waals surface area contributed by atoms with Crippen molar-refractivity contribution in [2.45, 2.75) is 57.5 Å². The molecular formula is C14H22N2O2. The molecule has 2 amide bonds. The van der Waals surface area contributed by atoms with Crippen LogP contribution in [-0.4, -0.2) is 34.8 Å². The highest BCUT2D eigenvalue weighted by atomic mass is 16.2. The van der Waals surface area contributed by atoms with Gasteiger partial charge in [0.25, 0.3) is 0 Å². The smallest absolute Gasteiger partial charge is 0.248 e. The van der Waals surface area contributed by atoms with Gasteiger partial charge in [-0.2, -0.15) is 0 Å². The van der Waals surface area contributed by atoms with E-state index in [1.807, 2.05) is 11.8 Å². The van der Waals surface area contributed by atoms with Crippen LogP contribution in [0.2, 0.25) is 0 Å². The molecule has 100 valence electrons. The topological polar surface area (TPSA) is 49.4 Å². The molecule has 0 spiro atoms. The van der Waals surface area contributed by atoms with E-state index in [0.29, 0.717) is 30.8 Å². The highest BCUT2D eigenvalue weighted by molar-refractivity contribution is 5.94. The maximum atomic E-state index is 12.8. The van der Waals surface area contributed by atoms with Crippen LogP contribution in [0.4, 0.5) is 0 Å². The first-order chi connectivity index (χ1) is 8.52. The minimum absolute atomic E-state index is 0.0308. The number of carbonyl (C=O) groups excluding carboxylic acids is 2. The minimum Gasteiger partial charge on any atom is -0.342 e. The van der Waals surface area contributed by atoms with Gasteiger partial charge in [-0.1, -0.05) is 0 Å². The van der Waals surface area contributed by atoms with Gasteiger partial charge in [0.15, 0.2) is 0 Å². The van der Waals surface area contributed by atoms with Gasteiger partial charge in [0.1, 0.15) is 5.54 Å². The molecule has 1 N–H and O–H groups in total. The van der Waals surface area contributed by atoms with Crippen molar-refractivity contribution in [3.63, 3.8) is 0 Å². The summed E-state index contributed by atoms with van der Waals surface area (Å²) in [5, 5.41) is 2.98. The number of amides is 2. The van der Waals surface area contributed by atoms with E-state index in [9.17, 15) is 9.59 Å². The van der Waals surface area contributed by atoms with Gasteiger partial charge in [-0.3, -0.25) is 9.59 Å². The third-order valence-corrected chi connectivity index (χ3v) is 4.87. The van der Waals surface area contributed by atoms with Gasteiger partial charge in [0, 0.05) is 19.0 Å². The molecule has 2 aliphatic carbocycles. The molecule has 2 saturated carbocycles. The second-order valence-corrected chi connectivity index (χ2v) is 6.35. The predicted octanol–water partition coefficient (Wildman–Crippen LogP) is 1.30. The summed E-state index contributed by atoms with van der Waals surface area (Å²) in [6.45, 7) is 4.65. The summed E-state index contributed by atoms with van der Waals surface area (Å²) in [5.74, 6) is 1.19. The molecule has 1 saturated heterocycles. The van der Waals surface area contributed by atoms with Crippen molar-refractivity contribution in [3.8, 4) is 0 Å². The van der Waals surface area contributed by atoms with E-state index in [-0.39, 0.29) is 11.8 Å². The first kappa shape index (κ1) is 12.0. The molecule has 0 aromatic heterocycles. The standard InChI is InChI=1S/C14H22N2O2/c1-9(10-3-4-10)16-8-7-12(17)15-14(2,13(16)18)11-5-6-11/h9-11H,3-8H2,1-2H3,(H,15,17). The van der Waals surface area contributed by atoms with Gasteiger partial charge in [-0.05, 0) is 51.4 Å². The third-order valence-electron chi connectivity index (χ3n) is 4.87. The average molecular weight is 250 g/mol. The van der Waals surface area contributed by atoms with Crippen LogP contribution in [0, 0.1) is 11.8 Å². The number of carbonyl (C=O) groups is 2. The summed E-state index contributed by atoms with van der Waals surface area (Å²) in [6, 6.07) is 0.295. The van der Waals surface area contributed by atoms with E-state index in [0.717, 1.165) is 12.8 Å². The van der Waals surface area contributed by atoms with Crippen molar-refractivity contribution in [3.05, 3.63) is 0 Å². The molecule has 0 bridgehead atoms. The fraction of sp³-hybridized carbons (Fsp3) is 0.857. The monoisotopic (exact) mass is 250 g/mol. The normalized spacial score (nSPS) is 35.1. The summed E-state index contributed by atoms with van der Waals surface area (Å²) in [5.41, 5.74) is -0.642. The molecule has 0 aromatic rings. The van der Waals surface area contributed by atoms with E-state index in [1.54, 1.807) is 0 Å². The first-order valence-electron chi connectivity index (χ1n) is 7.14. The van der Waals surface area contributed by atoms with Crippen molar-refractivity contribution in [2.24, 2.45) is 11.8 Å². The number of hydrogen-bond acceptors (Lipinski definition) is 2. The molecule has 1 aliphatic heterocycles. The Balaban J connectivity index is 1.85. The van der Waals surface area contributed by atoms with Crippen LogP contribution in [0.15, 0.2) is 0 Å². The molecule has 0 radical (unpaired) electrons. The summed E-state index contributed by atoms with van der Waals surface area (Å²) < 4.78 is 0. The zero-order chi connectivity index (χ0) is 12.9. The van der Waals surface area contributed by atoms with Crippen LogP contribution in [0.1, 0.15) is 46.0 Å². The Morgan fingerprint density at radius 3 is 2.50 bits per heavy atom. The van der Waals surface area contributed by atoms with Gasteiger partial charge in [0.2, 0.25) is 11.8 Å². The molecule has 18 heavy (non-hydrogen) atoms. The second kappa shape index (κ2) is 3.97. The Morgan fingerprint density at radius 1 is 1.28 bits per heavy atom. The largest absolute Gasteiger partial charge is 0.342 e. The number of nitrogens with one attached hydrogen (secondary N) is 1. The molecule has 3 fully saturated rings. The highest BCUT2D eigenvalue weighted by Crippen LogP contribution is 2.43. The fourth-order valence-corrected chi connectivity index (χ4v) is 3.19. The lowest BCUT2D eigenvalue weighted by atomic mass is 9.93. The van der Waals surface area contributed by atoms with E-state index in [2.05, 4.69) is 12.2 Å². The summed E-state index contributed by atoms with van der Waals surface area (Å²) in [7, 11) is 0. The summed E-state index contributed by atoms with van der Waals surface area (Å²) >= 11 is 0. The predicted molar refractivity (Wildman–Crippen MR) is 67.8 cm³/mol. The first-order valence-corrected chi connectivity index (χ1v) is 7.14. The molecule has 3 rings (SSSR count). The van der Waals surface area contributed by atoms with Crippen molar-refractivity contribution >= 4 is 11.8 Å². The fourth-order valence-electron chi connectivity index (χ4n) is 3.19. The molecule has 2 unspecified atom stereocenters. The Morgan fingerprint density at radius 2 is 1.94 bits per heavy atom. The van der Waals surface area contributed by atoms with E-state index < -0.39 is 5.54 Å². The SMILES string of the molecule is CC(C1CC1)N1CCC(=O)NC(C)(C2CC2)C1=O. The maximum Gasteiger partial charge on any atom is 0.248 e. The zero-order valence-corrected chi connectivity index (χ0v) is 11.2. The molecule has 3 aliphatic rings. The van der Waals surface area contributed by atoms with Crippen LogP contribution in [-0.2, 0) is 9.59 Å². The lowest BCUT2D eigenvalue weighted by Crippen LogP contribution is -2.58. The zero-order valence-electron chi connectivity index (χ0n) is 11.2. The van der Waals surface area contributed by atoms with Crippen molar-refractivity contribution < 1.29 is 9.59 Å². The van der Waals surface area contributed by atoms with Crippen LogP contribution in [0.3, 0.4) is 0 Å². The Labute approximate surface area is 108 Å². The van der Waals surface area contributed by atoms with Gasteiger partial charge < -0.3 is 10.2 Å². The van der Waals surface area contributed by atoms with E-state index >= 15 is 0 Å². The highest BCUT2D eigenvalue weighted by Gasteiger charge is 2.52. The van der Waals surface area contributed by atoms with Gasteiger partial charge in [-0.25, -0.2) is 0 Å². The molecule has 4 nitrogen and oxygen atoms in total. The van der Waals surface area contributed by atoms with Gasteiger partial charge in [0.05, 0.1) is 0 Å².